The molecule has 5 nitrogen and oxygen atoms in total. The lowest BCUT2D eigenvalue weighted by atomic mass is 10.0. The van der Waals surface area contributed by atoms with Gasteiger partial charge in [0.05, 0.1) is 23.4 Å². The average molecular weight is 355 g/mol. The lowest BCUT2D eigenvalue weighted by Gasteiger charge is -2.10. The zero-order valence-corrected chi connectivity index (χ0v) is 15.3. The first-order chi connectivity index (χ1) is 12.1. The summed E-state index contributed by atoms with van der Waals surface area (Å²) in [5.41, 5.74) is 3.28. The molecule has 1 aromatic carbocycles. The number of nitrogens with one attached hydrogen (secondary N) is 2. The van der Waals surface area contributed by atoms with Gasteiger partial charge in [-0.2, -0.15) is 5.10 Å². The normalized spacial score (nSPS) is 10.9. The first-order valence-corrected chi connectivity index (χ1v) is 9.03. The van der Waals surface area contributed by atoms with Crippen molar-refractivity contribution < 1.29 is 9.53 Å². The highest BCUT2D eigenvalue weighted by Crippen LogP contribution is 2.32. The third-order valence-corrected chi connectivity index (χ3v) is 4.65. The Morgan fingerprint density at radius 3 is 2.84 bits per heavy atom. The van der Waals surface area contributed by atoms with Gasteiger partial charge in [-0.05, 0) is 35.9 Å². The van der Waals surface area contributed by atoms with E-state index in [1.165, 1.54) is 11.3 Å². The van der Waals surface area contributed by atoms with Gasteiger partial charge in [0, 0.05) is 5.56 Å². The molecule has 0 aliphatic heterocycles. The number of ether oxygens (including phenoxy) is 1. The van der Waals surface area contributed by atoms with Gasteiger partial charge in [0.1, 0.15) is 11.4 Å². The molecule has 0 fully saturated rings. The van der Waals surface area contributed by atoms with Crippen molar-refractivity contribution in [3.05, 3.63) is 52.3 Å². The van der Waals surface area contributed by atoms with Crippen molar-refractivity contribution in [2.24, 2.45) is 5.92 Å². The smallest absolute Gasteiger partial charge is 0.265 e. The fraction of sp³-hybridized carbons (Fsp3) is 0.263. The molecule has 0 atom stereocenters. The van der Waals surface area contributed by atoms with Crippen LogP contribution in [0, 0.1) is 5.92 Å². The van der Waals surface area contributed by atoms with Crippen molar-refractivity contribution in [1.29, 1.82) is 0 Å². The Labute approximate surface area is 151 Å². The number of hydrogen-bond donors (Lipinski definition) is 2. The van der Waals surface area contributed by atoms with Crippen molar-refractivity contribution in [2.45, 2.75) is 20.3 Å². The summed E-state index contributed by atoms with van der Waals surface area (Å²) < 4.78 is 5.30. The summed E-state index contributed by atoms with van der Waals surface area (Å²) in [6.45, 7) is 4.27. The van der Waals surface area contributed by atoms with Gasteiger partial charge in [0.15, 0.2) is 0 Å². The van der Waals surface area contributed by atoms with Crippen LogP contribution in [0.5, 0.6) is 5.75 Å². The highest BCUT2D eigenvalue weighted by molar-refractivity contribution is 7.12. The maximum absolute atomic E-state index is 12.6. The van der Waals surface area contributed by atoms with E-state index in [2.05, 4.69) is 29.4 Å². The first-order valence-electron chi connectivity index (χ1n) is 8.15. The standard InChI is InChI=1S/C19H21N3O2S/c1-12(2)10-15-18(20-19(23)16-8-5-9-25-16)17(22-21-15)13-6-4-7-14(11-13)24-3/h4-9,11-12H,10H2,1-3H3,(H,20,23)(H,21,22). The number of thiophene rings is 1. The second-order valence-corrected chi connectivity index (χ2v) is 7.13. The fourth-order valence-corrected chi connectivity index (χ4v) is 3.25. The minimum atomic E-state index is -0.120. The van der Waals surface area contributed by atoms with E-state index in [1.54, 1.807) is 7.11 Å². The molecule has 6 heteroatoms. The Morgan fingerprint density at radius 2 is 2.16 bits per heavy atom. The fourth-order valence-electron chi connectivity index (χ4n) is 2.63. The Hall–Kier alpha value is -2.60. The van der Waals surface area contributed by atoms with Gasteiger partial charge < -0.3 is 10.1 Å². The van der Waals surface area contributed by atoms with E-state index in [9.17, 15) is 4.79 Å². The number of hydrogen-bond acceptors (Lipinski definition) is 4. The molecule has 0 radical (unpaired) electrons. The number of amides is 1. The summed E-state index contributed by atoms with van der Waals surface area (Å²) in [5, 5.41) is 12.5. The Kier molecular flexibility index (Phi) is 5.19. The molecule has 0 bridgehead atoms. The molecule has 3 aromatic rings. The molecule has 1 amide bonds. The quantitative estimate of drug-likeness (QED) is 0.679. The minimum absolute atomic E-state index is 0.120. The number of benzene rings is 1. The van der Waals surface area contributed by atoms with Gasteiger partial charge in [0.2, 0.25) is 0 Å². The summed E-state index contributed by atoms with van der Waals surface area (Å²) in [7, 11) is 1.63. The molecular weight excluding hydrogens is 334 g/mol. The number of methoxy groups -OCH3 is 1. The monoisotopic (exact) mass is 355 g/mol. The Bertz CT molecular complexity index is 853. The molecule has 2 N–H and O–H groups in total. The van der Waals surface area contributed by atoms with Crippen LogP contribution < -0.4 is 10.1 Å². The lowest BCUT2D eigenvalue weighted by molar-refractivity contribution is 0.103. The van der Waals surface area contributed by atoms with E-state index in [-0.39, 0.29) is 5.91 Å². The topological polar surface area (TPSA) is 67.0 Å². The van der Waals surface area contributed by atoms with Gasteiger partial charge in [-0.15, -0.1) is 11.3 Å². The molecule has 130 valence electrons. The first kappa shape index (κ1) is 17.2. The molecule has 2 aromatic heterocycles. The lowest BCUT2D eigenvalue weighted by Crippen LogP contribution is -2.12. The van der Waals surface area contributed by atoms with Crippen molar-refractivity contribution in [1.82, 2.24) is 10.2 Å². The van der Waals surface area contributed by atoms with Gasteiger partial charge in [-0.1, -0.05) is 32.0 Å². The van der Waals surface area contributed by atoms with Crippen LogP contribution in [0.15, 0.2) is 41.8 Å². The van der Waals surface area contributed by atoms with Crippen LogP contribution in [0.1, 0.15) is 29.2 Å². The molecule has 0 unspecified atom stereocenters. The minimum Gasteiger partial charge on any atom is -0.497 e. The Morgan fingerprint density at radius 1 is 1.32 bits per heavy atom. The summed E-state index contributed by atoms with van der Waals surface area (Å²) in [6, 6.07) is 11.3. The van der Waals surface area contributed by atoms with E-state index in [0.29, 0.717) is 10.8 Å². The van der Waals surface area contributed by atoms with Crippen LogP contribution in [-0.4, -0.2) is 23.2 Å². The summed E-state index contributed by atoms with van der Waals surface area (Å²) in [4.78, 5) is 13.2. The number of H-pyrrole nitrogens is 1. The van der Waals surface area contributed by atoms with Crippen LogP contribution in [0.2, 0.25) is 0 Å². The van der Waals surface area contributed by atoms with Gasteiger partial charge in [-0.25, -0.2) is 0 Å². The number of anilines is 1. The number of carbonyl (C=O) groups excluding carboxylic acids is 1. The number of aromatic nitrogens is 2. The molecule has 3 rings (SSSR count). The molecular formula is C19H21N3O2S. The molecule has 2 heterocycles. The largest absolute Gasteiger partial charge is 0.497 e. The van der Waals surface area contributed by atoms with Crippen LogP contribution in [-0.2, 0) is 6.42 Å². The predicted octanol–water partition coefficient (Wildman–Crippen LogP) is 4.60. The second-order valence-electron chi connectivity index (χ2n) is 6.19. The van der Waals surface area contributed by atoms with Gasteiger partial charge in [-0.3, -0.25) is 9.89 Å². The zero-order valence-electron chi connectivity index (χ0n) is 14.5. The van der Waals surface area contributed by atoms with Crippen molar-refractivity contribution in [3.8, 4) is 17.0 Å². The number of rotatable bonds is 6. The molecule has 0 saturated carbocycles. The van der Waals surface area contributed by atoms with E-state index >= 15 is 0 Å². The highest BCUT2D eigenvalue weighted by atomic mass is 32.1. The van der Waals surface area contributed by atoms with E-state index in [1.807, 2.05) is 41.8 Å². The number of carbonyl (C=O) groups is 1. The maximum atomic E-state index is 12.6. The van der Waals surface area contributed by atoms with Crippen molar-refractivity contribution in [3.63, 3.8) is 0 Å². The van der Waals surface area contributed by atoms with Crippen LogP contribution >= 0.6 is 11.3 Å². The predicted molar refractivity (Wildman–Crippen MR) is 101 cm³/mol. The second kappa shape index (κ2) is 7.53. The van der Waals surface area contributed by atoms with Gasteiger partial charge >= 0.3 is 0 Å². The highest BCUT2D eigenvalue weighted by Gasteiger charge is 2.19. The summed E-state index contributed by atoms with van der Waals surface area (Å²) in [6.07, 6.45) is 0.803. The van der Waals surface area contributed by atoms with Crippen LogP contribution in [0.25, 0.3) is 11.3 Å². The maximum Gasteiger partial charge on any atom is 0.265 e. The molecule has 0 saturated heterocycles. The summed E-state index contributed by atoms with van der Waals surface area (Å²) >= 11 is 1.42. The third-order valence-electron chi connectivity index (χ3n) is 3.78. The SMILES string of the molecule is COc1cccc(-c2n[nH]c(CC(C)C)c2NC(=O)c2cccs2)c1. The van der Waals surface area contributed by atoms with E-state index in [4.69, 9.17) is 4.74 Å². The van der Waals surface area contributed by atoms with Crippen molar-refractivity contribution in [2.75, 3.05) is 12.4 Å². The third kappa shape index (κ3) is 3.91. The van der Waals surface area contributed by atoms with E-state index < -0.39 is 0 Å². The van der Waals surface area contributed by atoms with Crippen LogP contribution in [0.3, 0.4) is 0 Å². The van der Waals surface area contributed by atoms with Gasteiger partial charge in [0.25, 0.3) is 5.91 Å². The average Bonchev–Trinajstić information content (AvgIpc) is 3.25. The van der Waals surface area contributed by atoms with E-state index in [0.717, 1.165) is 34.8 Å². The molecule has 25 heavy (non-hydrogen) atoms. The molecule has 0 aliphatic carbocycles. The number of aromatic amines is 1. The Balaban J connectivity index is 2.00. The zero-order chi connectivity index (χ0) is 17.8. The number of nitrogens with zero attached hydrogens (tertiary/aromatic N) is 1. The summed E-state index contributed by atoms with van der Waals surface area (Å²) in [5.74, 6) is 1.07. The van der Waals surface area contributed by atoms with Crippen LogP contribution in [0.4, 0.5) is 5.69 Å². The molecule has 0 spiro atoms. The van der Waals surface area contributed by atoms with Crippen molar-refractivity contribution >= 4 is 22.9 Å². The molecule has 0 aliphatic rings.